The molecule has 0 spiro atoms. The summed E-state index contributed by atoms with van der Waals surface area (Å²) in [7, 11) is 0. The second kappa shape index (κ2) is 6.54. The molecule has 22 heavy (non-hydrogen) atoms. The first-order valence-corrected chi connectivity index (χ1v) is 6.82. The molecule has 0 bridgehead atoms. The summed E-state index contributed by atoms with van der Waals surface area (Å²) in [6, 6.07) is 7.84. The number of anilines is 1. The highest BCUT2D eigenvalue weighted by Gasteiger charge is 2.31. The maximum atomic E-state index is 12.5. The van der Waals surface area contributed by atoms with Gasteiger partial charge in [-0.15, -0.1) is 0 Å². The van der Waals surface area contributed by atoms with Gasteiger partial charge in [0.05, 0.1) is 16.3 Å². The van der Waals surface area contributed by atoms with Gasteiger partial charge >= 0.3 is 6.18 Å². The molecule has 1 aromatic carbocycles. The summed E-state index contributed by atoms with van der Waals surface area (Å²) in [5, 5.41) is 4.37. The molecule has 0 unspecified atom stereocenters. The van der Waals surface area contributed by atoms with Crippen LogP contribution in [0, 0.1) is 0 Å². The van der Waals surface area contributed by atoms with Crippen molar-refractivity contribution in [3.8, 4) is 0 Å². The Bertz CT molecular complexity index is 715. The first-order valence-electron chi connectivity index (χ1n) is 6.07. The van der Waals surface area contributed by atoms with Crippen molar-refractivity contribution in [3.63, 3.8) is 0 Å². The molecule has 0 saturated heterocycles. The summed E-state index contributed by atoms with van der Waals surface area (Å²) in [5.41, 5.74) is 2.85. The van der Waals surface area contributed by atoms with Crippen LogP contribution in [0.1, 0.15) is 18.1 Å². The van der Waals surface area contributed by atoms with Gasteiger partial charge < -0.3 is 0 Å². The quantitative estimate of drug-likeness (QED) is 0.608. The second-order valence-electron chi connectivity index (χ2n) is 4.34. The van der Waals surface area contributed by atoms with E-state index in [9.17, 15) is 13.2 Å². The van der Waals surface area contributed by atoms with Gasteiger partial charge in [0.15, 0.2) is 5.82 Å². The molecule has 0 amide bonds. The molecule has 0 atom stereocenters. The van der Waals surface area contributed by atoms with Gasteiger partial charge in [-0.2, -0.15) is 18.3 Å². The number of alkyl halides is 3. The lowest BCUT2D eigenvalue weighted by Gasteiger charge is -2.09. The predicted molar refractivity (Wildman–Crippen MR) is 81.5 cm³/mol. The average molecular weight is 348 g/mol. The van der Waals surface area contributed by atoms with Gasteiger partial charge in [0.1, 0.15) is 0 Å². The third-order valence-electron chi connectivity index (χ3n) is 2.76. The van der Waals surface area contributed by atoms with Crippen LogP contribution in [0.25, 0.3) is 0 Å². The SMILES string of the molecule is C/C(=N/Nc1ncc(C(F)(F)F)cc1Cl)c1ccccc1Cl. The lowest BCUT2D eigenvalue weighted by molar-refractivity contribution is -0.137. The van der Waals surface area contributed by atoms with Gasteiger partial charge in [0, 0.05) is 16.8 Å². The molecule has 0 fully saturated rings. The van der Waals surface area contributed by atoms with Gasteiger partial charge in [-0.3, -0.25) is 5.43 Å². The second-order valence-corrected chi connectivity index (χ2v) is 5.16. The molecule has 1 N–H and O–H groups in total. The predicted octanol–water partition coefficient (Wildman–Crippen LogP) is 5.24. The summed E-state index contributed by atoms with van der Waals surface area (Å²) < 4.78 is 37.6. The number of rotatable bonds is 3. The first-order chi connectivity index (χ1) is 10.3. The van der Waals surface area contributed by atoms with Crippen LogP contribution in [0.5, 0.6) is 0 Å². The number of benzene rings is 1. The summed E-state index contributed by atoms with van der Waals surface area (Å²) in [6.07, 6.45) is -3.81. The topological polar surface area (TPSA) is 37.3 Å². The number of pyridine rings is 1. The zero-order valence-corrected chi connectivity index (χ0v) is 12.8. The van der Waals surface area contributed by atoms with Crippen LogP contribution in [-0.2, 0) is 6.18 Å². The van der Waals surface area contributed by atoms with Gasteiger partial charge in [-0.25, -0.2) is 4.98 Å². The van der Waals surface area contributed by atoms with E-state index >= 15 is 0 Å². The molecule has 0 aliphatic carbocycles. The van der Waals surface area contributed by atoms with Crippen LogP contribution < -0.4 is 5.43 Å². The normalized spacial score (nSPS) is 12.4. The summed E-state index contributed by atoms with van der Waals surface area (Å²) >= 11 is 11.8. The maximum Gasteiger partial charge on any atom is 0.417 e. The fourth-order valence-corrected chi connectivity index (χ4v) is 2.11. The van der Waals surface area contributed by atoms with Gasteiger partial charge in [-0.1, -0.05) is 41.4 Å². The van der Waals surface area contributed by atoms with Crippen molar-refractivity contribution < 1.29 is 13.2 Å². The summed E-state index contributed by atoms with van der Waals surface area (Å²) in [6.45, 7) is 1.70. The zero-order valence-electron chi connectivity index (χ0n) is 11.2. The molecule has 8 heteroatoms. The van der Waals surface area contributed by atoms with E-state index in [0.29, 0.717) is 22.5 Å². The van der Waals surface area contributed by atoms with Crippen LogP contribution in [-0.4, -0.2) is 10.7 Å². The van der Waals surface area contributed by atoms with E-state index in [1.54, 1.807) is 31.2 Å². The number of nitrogens with one attached hydrogen (secondary N) is 1. The number of hydrogen-bond acceptors (Lipinski definition) is 3. The standard InChI is InChI=1S/C14H10Cl2F3N3/c1-8(10-4-2-3-5-11(10)15)21-22-13-12(16)6-9(7-20-13)14(17,18)19/h2-7H,1H3,(H,20,22)/b21-8-. The Balaban J connectivity index is 2.21. The Morgan fingerprint density at radius 2 is 1.86 bits per heavy atom. The fourth-order valence-electron chi connectivity index (χ4n) is 1.63. The third kappa shape index (κ3) is 3.90. The summed E-state index contributed by atoms with van der Waals surface area (Å²) in [5.74, 6) is 0.0288. The smallest absolute Gasteiger partial charge is 0.260 e. The molecule has 1 heterocycles. The molecular weight excluding hydrogens is 338 g/mol. The average Bonchev–Trinajstić information content (AvgIpc) is 2.45. The molecule has 0 aliphatic heterocycles. The minimum absolute atomic E-state index is 0.0288. The third-order valence-corrected chi connectivity index (χ3v) is 3.38. The molecule has 0 saturated carbocycles. The van der Waals surface area contributed by atoms with Gasteiger partial charge in [-0.05, 0) is 19.1 Å². The van der Waals surface area contributed by atoms with Crippen molar-refractivity contribution in [3.05, 3.63) is 57.7 Å². The largest absolute Gasteiger partial charge is 0.417 e. The number of aromatic nitrogens is 1. The van der Waals surface area contributed by atoms with Crippen LogP contribution in [0.4, 0.5) is 19.0 Å². The number of halogens is 5. The number of nitrogens with zero attached hydrogens (tertiary/aromatic N) is 2. The van der Waals surface area contributed by atoms with E-state index in [-0.39, 0.29) is 10.8 Å². The van der Waals surface area contributed by atoms with Crippen LogP contribution in [0.3, 0.4) is 0 Å². The van der Waals surface area contributed by atoms with E-state index in [4.69, 9.17) is 23.2 Å². The highest BCUT2D eigenvalue weighted by atomic mass is 35.5. The molecular formula is C14H10Cl2F3N3. The molecule has 0 radical (unpaired) electrons. The minimum atomic E-state index is -4.49. The number of hydrogen-bond donors (Lipinski definition) is 1. The van der Waals surface area contributed by atoms with Crippen molar-refractivity contribution in [1.82, 2.24) is 4.98 Å². The number of hydrazone groups is 1. The molecule has 0 aliphatic rings. The lowest BCUT2D eigenvalue weighted by Crippen LogP contribution is -2.07. The Hall–Kier alpha value is -1.79. The monoisotopic (exact) mass is 347 g/mol. The molecule has 3 nitrogen and oxygen atoms in total. The van der Waals surface area contributed by atoms with Crippen molar-refractivity contribution in [1.29, 1.82) is 0 Å². The maximum absolute atomic E-state index is 12.5. The van der Waals surface area contributed by atoms with Gasteiger partial charge in [0.2, 0.25) is 0 Å². The Morgan fingerprint density at radius 3 is 2.45 bits per heavy atom. The zero-order chi connectivity index (χ0) is 16.3. The van der Waals surface area contributed by atoms with Crippen molar-refractivity contribution in [2.24, 2.45) is 5.10 Å². The van der Waals surface area contributed by atoms with E-state index in [1.165, 1.54) is 0 Å². The van der Waals surface area contributed by atoms with Crippen molar-refractivity contribution in [2.75, 3.05) is 5.43 Å². The molecule has 2 rings (SSSR count). The van der Waals surface area contributed by atoms with Crippen molar-refractivity contribution >= 4 is 34.7 Å². The van der Waals surface area contributed by atoms with Crippen LogP contribution >= 0.6 is 23.2 Å². The Morgan fingerprint density at radius 1 is 1.18 bits per heavy atom. The van der Waals surface area contributed by atoms with Crippen LogP contribution in [0.2, 0.25) is 10.0 Å². The molecule has 116 valence electrons. The Labute approximate surface area is 134 Å². The Kier molecular flexibility index (Phi) is 4.93. The van der Waals surface area contributed by atoms with Crippen LogP contribution in [0.15, 0.2) is 41.6 Å². The van der Waals surface area contributed by atoms with E-state index in [1.807, 2.05) is 0 Å². The fraction of sp³-hybridized carbons (Fsp3) is 0.143. The summed E-state index contributed by atoms with van der Waals surface area (Å²) in [4.78, 5) is 3.63. The minimum Gasteiger partial charge on any atom is -0.260 e. The highest BCUT2D eigenvalue weighted by molar-refractivity contribution is 6.34. The molecule has 2 aromatic rings. The lowest BCUT2D eigenvalue weighted by atomic mass is 10.1. The molecule has 1 aromatic heterocycles. The van der Waals surface area contributed by atoms with Crippen molar-refractivity contribution in [2.45, 2.75) is 13.1 Å². The van der Waals surface area contributed by atoms with E-state index in [2.05, 4.69) is 15.5 Å². The van der Waals surface area contributed by atoms with E-state index < -0.39 is 11.7 Å². The highest BCUT2D eigenvalue weighted by Crippen LogP contribution is 2.32. The first kappa shape index (κ1) is 16.6. The van der Waals surface area contributed by atoms with E-state index in [0.717, 1.165) is 6.07 Å². The van der Waals surface area contributed by atoms with Gasteiger partial charge in [0.25, 0.3) is 0 Å².